The molecule has 5 nitrogen and oxygen atoms in total. The molecular weight excluding hydrogens is 296 g/mol. The molecule has 0 radical (unpaired) electrons. The maximum absolute atomic E-state index is 12.7. The van der Waals surface area contributed by atoms with Gasteiger partial charge in [-0.25, -0.2) is 4.79 Å². The van der Waals surface area contributed by atoms with Crippen molar-refractivity contribution >= 4 is 17.8 Å². The van der Waals surface area contributed by atoms with Gasteiger partial charge in [-0.2, -0.15) is 16.9 Å². The average molecular weight is 324 g/mol. The second-order valence-corrected chi connectivity index (χ2v) is 7.12. The van der Waals surface area contributed by atoms with Crippen LogP contribution < -0.4 is 5.32 Å². The molecule has 1 aliphatic rings. The second kappa shape index (κ2) is 7.90. The highest BCUT2D eigenvalue weighted by Gasteiger charge is 2.30. The molecule has 2 atom stereocenters. The van der Waals surface area contributed by atoms with Crippen LogP contribution in [0.2, 0.25) is 0 Å². The van der Waals surface area contributed by atoms with Crippen LogP contribution in [0.4, 0.5) is 4.79 Å². The first-order chi connectivity index (χ1) is 10.5. The quantitative estimate of drug-likeness (QED) is 0.892. The van der Waals surface area contributed by atoms with Gasteiger partial charge < -0.3 is 10.2 Å². The predicted molar refractivity (Wildman–Crippen MR) is 92.4 cm³/mol. The van der Waals surface area contributed by atoms with Crippen molar-refractivity contribution in [2.24, 2.45) is 0 Å². The summed E-state index contributed by atoms with van der Waals surface area (Å²) >= 11 is 1.76. The topological polar surface area (TPSA) is 61.0 Å². The molecule has 1 aromatic heterocycles. The van der Waals surface area contributed by atoms with Crippen LogP contribution in [0.15, 0.2) is 0 Å². The Morgan fingerprint density at radius 2 is 2.23 bits per heavy atom. The Morgan fingerprint density at radius 1 is 1.45 bits per heavy atom. The first kappa shape index (κ1) is 17.2. The van der Waals surface area contributed by atoms with E-state index in [0.717, 1.165) is 36.5 Å². The Hall–Kier alpha value is -1.17. The lowest BCUT2D eigenvalue weighted by atomic mass is 9.99. The van der Waals surface area contributed by atoms with Gasteiger partial charge in [-0.15, -0.1) is 0 Å². The largest absolute Gasteiger partial charge is 0.335 e. The summed E-state index contributed by atoms with van der Waals surface area (Å²) in [5, 5.41) is 10.5. The average Bonchev–Trinajstić information content (AvgIpc) is 2.67. The third-order valence-corrected chi connectivity index (χ3v) is 5.15. The number of H-pyrrole nitrogens is 1. The molecule has 1 aliphatic heterocycles. The highest BCUT2D eigenvalue weighted by molar-refractivity contribution is 7.98. The van der Waals surface area contributed by atoms with Crippen LogP contribution in [0.25, 0.3) is 0 Å². The number of nitrogens with zero attached hydrogens (tertiary/aromatic N) is 2. The Bertz CT molecular complexity index is 483. The number of aromatic nitrogens is 2. The first-order valence-electron chi connectivity index (χ1n) is 8.12. The molecule has 1 aromatic rings. The molecule has 0 saturated carbocycles. The molecule has 2 heterocycles. The number of thioether (sulfide) groups is 1. The molecule has 0 bridgehead atoms. The first-order valence-corrected chi connectivity index (χ1v) is 9.51. The third-order valence-electron chi connectivity index (χ3n) is 4.32. The fourth-order valence-electron chi connectivity index (χ4n) is 3.29. The number of amides is 2. The number of nitrogens with one attached hydrogen (secondary N) is 2. The van der Waals surface area contributed by atoms with E-state index in [0.29, 0.717) is 0 Å². The second-order valence-electron chi connectivity index (χ2n) is 6.21. The minimum absolute atomic E-state index is 0.0634. The van der Waals surface area contributed by atoms with E-state index >= 15 is 0 Å². The molecular formula is C16H28N4OS. The number of hydrogen-bond donors (Lipinski definition) is 2. The van der Waals surface area contributed by atoms with Gasteiger partial charge in [0.05, 0.1) is 11.7 Å². The van der Waals surface area contributed by atoms with E-state index in [1.165, 1.54) is 18.4 Å². The Labute approximate surface area is 137 Å². The van der Waals surface area contributed by atoms with E-state index in [9.17, 15) is 4.79 Å². The van der Waals surface area contributed by atoms with Gasteiger partial charge in [-0.3, -0.25) is 5.10 Å². The maximum Gasteiger partial charge on any atom is 0.318 e. The maximum atomic E-state index is 12.7. The van der Waals surface area contributed by atoms with Gasteiger partial charge in [-0.05, 0) is 39.9 Å². The lowest BCUT2D eigenvalue weighted by molar-refractivity contribution is 0.173. The van der Waals surface area contributed by atoms with Crippen LogP contribution in [0.1, 0.15) is 55.6 Å². The van der Waals surface area contributed by atoms with Crippen molar-refractivity contribution < 1.29 is 4.79 Å². The molecule has 2 N–H and O–H groups in total. The number of rotatable bonds is 4. The minimum Gasteiger partial charge on any atom is -0.335 e. The third kappa shape index (κ3) is 3.97. The number of aromatic amines is 1. The van der Waals surface area contributed by atoms with Crippen molar-refractivity contribution in [1.82, 2.24) is 20.4 Å². The number of aryl methyl sites for hydroxylation is 2. The van der Waals surface area contributed by atoms with E-state index < -0.39 is 0 Å². The van der Waals surface area contributed by atoms with Crippen molar-refractivity contribution in [2.75, 3.05) is 18.6 Å². The van der Waals surface area contributed by atoms with Crippen LogP contribution in [0, 0.1) is 13.8 Å². The molecule has 124 valence electrons. The van der Waals surface area contributed by atoms with Gasteiger partial charge in [0.1, 0.15) is 0 Å². The van der Waals surface area contributed by atoms with Crippen molar-refractivity contribution in [2.45, 2.75) is 58.5 Å². The van der Waals surface area contributed by atoms with Gasteiger partial charge >= 0.3 is 6.03 Å². The summed E-state index contributed by atoms with van der Waals surface area (Å²) in [6.07, 6.45) is 6.52. The minimum atomic E-state index is 0.0634. The fourth-order valence-corrected chi connectivity index (χ4v) is 3.87. The molecule has 0 aliphatic carbocycles. The highest BCUT2D eigenvalue weighted by Crippen LogP contribution is 2.33. The number of carbonyl (C=O) groups excluding carboxylic acids is 1. The zero-order valence-electron chi connectivity index (χ0n) is 14.1. The normalized spacial score (nSPS) is 20.5. The monoisotopic (exact) mass is 324 g/mol. The summed E-state index contributed by atoms with van der Waals surface area (Å²) in [5.41, 5.74) is 3.30. The lowest BCUT2D eigenvalue weighted by Crippen LogP contribution is -2.46. The van der Waals surface area contributed by atoms with Crippen LogP contribution in [0.5, 0.6) is 0 Å². The number of hydrogen-bond acceptors (Lipinski definition) is 3. The summed E-state index contributed by atoms with van der Waals surface area (Å²) < 4.78 is 0. The van der Waals surface area contributed by atoms with Crippen molar-refractivity contribution in [3.05, 3.63) is 17.0 Å². The summed E-state index contributed by atoms with van der Waals surface area (Å²) in [5.74, 6) is 0.939. The fraction of sp³-hybridized carbons (Fsp3) is 0.750. The molecule has 22 heavy (non-hydrogen) atoms. The SMILES string of the molecule is CSC[C@@H](C)NC(=O)N1CCCCC[C@@H]1c1c(C)n[nH]c1C. The lowest BCUT2D eigenvalue weighted by Gasteiger charge is -2.31. The van der Waals surface area contributed by atoms with Crippen LogP contribution >= 0.6 is 11.8 Å². The number of carbonyl (C=O) groups is 1. The Morgan fingerprint density at radius 3 is 2.86 bits per heavy atom. The molecule has 0 aromatic carbocycles. The predicted octanol–water partition coefficient (Wildman–Crippen LogP) is 3.40. The summed E-state index contributed by atoms with van der Waals surface area (Å²) in [6.45, 7) is 6.96. The van der Waals surface area contributed by atoms with E-state index in [2.05, 4.69) is 28.7 Å². The van der Waals surface area contributed by atoms with E-state index in [4.69, 9.17) is 0 Å². The molecule has 1 fully saturated rings. The summed E-state index contributed by atoms with van der Waals surface area (Å²) in [7, 11) is 0. The van der Waals surface area contributed by atoms with Crippen LogP contribution in [-0.4, -0.2) is 45.7 Å². The summed E-state index contributed by atoms with van der Waals surface area (Å²) in [4.78, 5) is 14.8. The van der Waals surface area contributed by atoms with Crippen molar-refractivity contribution in [3.63, 3.8) is 0 Å². The van der Waals surface area contributed by atoms with Gasteiger partial charge in [0.15, 0.2) is 0 Å². The molecule has 2 rings (SSSR count). The van der Waals surface area contributed by atoms with Gasteiger partial charge in [0.2, 0.25) is 0 Å². The molecule has 0 unspecified atom stereocenters. The van der Waals surface area contributed by atoms with Crippen LogP contribution in [0.3, 0.4) is 0 Å². The Balaban J connectivity index is 2.19. The van der Waals surface area contributed by atoms with Gasteiger partial charge in [-0.1, -0.05) is 12.8 Å². The Kier molecular flexibility index (Phi) is 6.17. The number of urea groups is 1. The molecule has 1 saturated heterocycles. The van der Waals surface area contributed by atoms with E-state index in [-0.39, 0.29) is 18.1 Å². The van der Waals surface area contributed by atoms with Crippen molar-refractivity contribution in [3.8, 4) is 0 Å². The van der Waals surface area contributed by atoms with Gasteiger partial charge in [0.25, 0.3) is 0 Å². The highest BCUT2D eigenvalue weighted by atomic mass is 32.2. The van der Waals surface area contributed by atoms with Gasteiger partial charge in [0, 0.05) is 29.6 Å². The van der Waals surface area contributed by atoms with Crippen molar-refractivity contribution in [1.29, 1.82) is 0 Å². The molecule has 6 heteroatoms. The zero-order chi connectivity index (χ0) is 16.1. The standard InChI is InChI=1S/C16H28N4OS/c1-11(10-22-4)17-16(21)20-9-7-5-6-8-14(20)15-12(2)18-19-13(15)3/h11,14H,5-10H2,1-4H3,(H,17,21)(H,18,19)/t11-,14-/m1/s1. The summed E-state index contributed by atoms with van der Waals surface area (Å²) in [6, 6.07) is 0.397. The number of likely N-dealkylation sites (tertiary alicyclic amines) is 1. The molecule has 0 spiro atoms. The van der Waals surface area contributed by atoms with E-state index in [1.54, 1.807) is 11.8 Å². The smallest absolute Gasteiger partial charge is 0.318 e. The zero-order valence-corrected chi connectivity index (χ0v) is 14.9. The molecule has 2 amide bonds. The van der Waals surface area contributed by atoms with Crippen LogP contribution in [-0.2, 0) is 0 Å². The van der Waals surface area contributed by atoms with E-state index in [1.807, 2.05) is 18.7 Å².